The van der Waals surface area contributed by atoms with E-state index in [1.807, 2.05) is 13.8 Å². The Balaban J connectivity index is 2.87. The Hall–Kier alpha value is -1.37. The molecule has 0 radical (unpaired) electrons. The Morgan fingerprint density at radius 1 is 1.44 bits per heavy atom. The van der Waals surface area contributed by atoms with Crippen molar-refractivity contribution in [2.45, 2.75) is 19.9 Å². The second-order valence-electron chi connectivity index (χ2n) is 3.92. The first-order valence-electron chi connectivity index (χ1n) is 5.77. The predicted molar refractivity (Wildman–Crippen MR) is 74.8 cm³/mol. The summed E-state index contributed by atoms with van der Waals surface area (Å²) in [5.41, 5.74) is 0. The highest BCUT2D eigenvalue weighted by molar-refractivity contribution is 7.84. The van der Waals surface area contributed by atoms with E-state index in [9.17, 15) is 4.21 Å². The van der Waals surface area contributed by atoms with Crippen LogP contribution in [0.15, 0.2) is 6.33 Å². The highest BCUT2D eigenvalue weighted by Gasteiger charge is 2.14. The monoisotopic (exact) mass is 272 g/mol. The van der Waals surface area contributed by atoms with Gasteiger partial charge in [0.05, 0.1) is 7.11 Å². The third kappa shape index (κ3) is 4.14. The van der Waals surface area contributed by atoms with Crippen LogP contribution in [0.1, 0.15) is 13.8 Å². The normalized spacial score (nSPS) is 13.8. The standard InChI is InChI=1S/C11H20N4O2S/c1-5-12-10-9(17-3)11(14-7-13-10)15-8(2)6-18(4)16/h7-8H,5-6H2,1-4H3,(H2,12,13,14,15). The zero-order chi connectivity index (χ0) is 13.5. The molecule has 0 fully saturated rings. The van der Waals surface area contributed by atoms with Gasteiger partial charge in [-0.25, -0.2) is 9.97 Å². The number of nitrogens with zero attached hydrogens (tertiary/aromatic N) is 2. The van der Waals surface area contributed by atoms with Gasteiger partial charge < -0.3 is 15.4 Å². The van der Waals surface area contributed by atoms with E-state index in [0.717, 1.165) is 6.54 Å². The van der Waals surface area contributed by atoms with Crippen molar-refractivity contribution in [1.29, 1.82) is 0 Å². The maximum Gasteiger partial charge on any atom is 0.204 e. The van der Waals surface area contributed by atoms with Gasteiger partial charge in [0.25, 0.3) is 0 Å². The Morgan fingerprint density at radius 3 is 2.67 bits per heavy atom. The van der Waals surface area contributed by atoms with E-state index < -0.39 is 10.8 Å². The van der Waals surface area contributed by atoms with Gasteiger partial charge >= 0.3 is 0 Å². The van der Waals surface area contributed by atoms with Crippen LogP contribution < -0.4 is 15.4 Å². The van der Waals surface area contributed by atoms with E-state index in [-0.39, 0.29) is 6.04 Å². The van der Waals surface area contributed by atoms with Crippen LogP contribution in [0.5, 0.6) is 5.75 Å². The fourth-order valence-corrected chi connectivity index (χ4v) is 2.38. The molecule has 7 heteroatoms. The van der Waals surface area contributed by atoms with Gasteiger partial charge in [-0.1, -0.05) is 0 Å². The van der Waals surface area contributed by atoms with Gasteiger partial charge in [-0.05, 0) is 13.8 Å². The third-order valence-corrected chi connectivity index (χ3v) is 3.19. The average Bonchev–Trinajstić information content (AvgIpc) is 2.28. The van der Waals surface area contributed by atoms with Crippen molar-refractivity contribution in [3.05, 3.63) is 6.33 Å². The lowest BCUT2D eigenvalue weighted by Gasteiger charge is -2.17. The zero-order valence-corrected chi connectivity index (χ0v) is 12.0. The topological polar surface area (TPSA) is 76.1 Å². The van der Waals surface area contributed by atoms with Gasteiger partial charge in [-0.15, -0.1) is 0 Å². The molecule has 0 aliphatic heterocycles. The maximum absolute atomic E-state index is 11.2. The van der Waals surface area contributed by atoms with E-state index in [4.69, 9.17) is 4.74 Å². The quantitative estimate of drug-likeness (QED) is 0.774. The van der Waals surface area contributed by atoms with Crippen molar-refractivity contribution in [1.82, 2.24) is 9.97 Å². The molecule has 0 spiro atoms. The van der Waals surface area contributed by atoms with Gasteiger partial charge in [0.15, 0.2) is 11.6 Å². The Labute approximate surface area is 110 Å². The van der Waals surface area contributed by atoms with E-state index >= 15 is 0 Å². The molecule has 0 aliphatic carbocycles. The van der Waals surface area contributed by atoms with Crippen molar-refractivity contribution >= 4 is 22.4 Å². The summed E-state index contributed by atoms with van der Waals surface area (Å²) in [5.74, 6) is 2.40. The third-order valence-electron chi connectivity index (χ3n) is 2.22. The molecule has 0 amide bonds. The minimum atomic E-state index is -0.849. The van der Waals surface area contributed by atoms with Crippen molar-refractivity contribution in [2.75, 3.05) is 36.3 Å². The SMILES string of the molecule is CCNc1ncnc(NC(C)CS(C)=O)c1OC. The number of rotatable bonds is 7. The van der Waals surface area contributed by atoms with Gasteiger partial charge in [-0.3, -0.25) is 4.21 Å². The molecule has 6 nitrogen and oxygen atoms in total. The lowest BCUT2D eigenvalue weighted by atomic mass is 10.3. The molecule has 1 aromatic heterocycles. The molecule has 1 aromatic rings. The number of anilines is 2. The molecule has 102 valence electrons. The number of nitrogens with one attached hydrogen (secondary N) is 2. The Bertz CT molecular complexity index is 414. The Morgan fingerprint density at radius 2 is 2.11 bits per heavy atom. The van der Waals surface area contributed by atoms with Gasteiger partial charge in [0.1, 0.15) is 6.33 Å². The van der Waals surface area contributed by atoms with Crippen molar-refractivity contribution in [3.63, 3.8) is 0 Å². The van der Waals surface area contributed by atoms with Gasteiger partial charge in [0.2, 0.25) is 5.75 Å². The van der Waals surface area contributed by atoms with Crippen molar-refractivity contribution in [2.24, 2.45) is 0 Å². The molecule has 0 aliphatic rings. The van der Waals surface area contributed by atoms with E-state index in [2.05, 4.69) is 20.6 Å². The highest BCUT2D eigenvalue weighted by atomic mass is 32.2. The average molecular weight is 272 g/mol. The molecule has 0 aromatic carbocycles. The summed E-state index contributed by atoms with van der Waals surface area (Å²) in [5, 5.41) is 6.29. The molecule has 18 heavy (non-hydrogen) atoms. The van der Waals surface area contributed by atoms with Crippen LogP contribution in [0, 0.1) is 0 Å². The summed E-state index contributed by atoms with van der Waals surface area (Å²) >= 11 is 0. The number of methoxy groups -OCH3 is 1. The second-order valence-corrected chi connectivity index (χ2v) is 5.40. The highest BCUT2D eigenvalue weighted by Crippen LogP contribution is 2.29. The summed E-state index contributed by atoms with van der Waals surface area (Å²) in [6, 6.07) is 0.0501. The van der Waals surface area contributed by atoms with Crippen LogP contribution >= 0.6 is 0 Å². The first-order chi connectivity index (χ1) is 8.58. The predicted octanol–water partition coefficient (Wildman–Crippen LogP) is 1.10. The lowest BCUT2D eigenvalue weighted by Crippen LogP contribution is -2.23. The number of ether oxygens (including phenoxy) is 1. The molecule has 0 saturated carbocycles. The summed E-state index contributed by atoms with van der Waals surface area (Å²) in [7, 11) is 0.728. The van der Waals surface area contributed by atoms with E-state index in [0.29, 0.717) is 23.1 Å². The Kier molecular flexibility index (Phi) is 5.84. The molecule has 1 heterocycles. The van der Waals surface area contributed by atoms with Crippen LogP contribution in [0.4, 0.5) is 11.6 Å². The van der Waals surface area contributed by atoms with Crippen LogP contribution in [-0.4, -0.2) is 45.9 Å². The van der Waals surface area contributed by atoms with Crippen LogP contribution in [0.3, 0.4) is 0 Å². The maximum atomic E-state index is 11.2. The molecule has 2 unspecified atom stereocenters. The van der Waals surface area contributed by atoms with Crippen molar-refractivity contribution < 1.29 is 8.95 Å². The largest absolute Gasteiger partial charge is 0.490 e. The fraction of sp³-hybridized carbons (Fsp3) is 0.636. The summed E-state index contributed by atoms with van der Waals surface area (Å²) in [4.78, 5) is 8.27. The zero-order valence-electron chi connectivity index (χ0n) is 11.2. The second kappa shape index (κ2) is 7.15. The van der Waals surface area contributed by atoms with Crippen molar-refractivity contribution in [3.8, 4) is 5.75 Å². The first-order valence-corrected chi connectivity index (χ1v) is 7.50. The van der Waals surface area contributed by atoms with E-state index in [1.54, 1.807) is 13.4 Å². The molecule has 2 atom stereocenters. The molecule has 0 saturated heterocycles. The number of hydrogen-bond donors (Lipinski definition) is 2. The number of aromatic nitrogens is 2. The molecule has 1 rings (SSSR count). The number of hydrogen-bond acceptors (Lipinski definition) is 6. The summed E-state index contributed by atoms with van der Waals surface area (Å²) in [6.07, 6.45) is 3.15. The van der Waals surface area contributed by atoms with E-state index in [1.165, 1.54) is 6.33 Å². The van der Waals surface area contributed by atoms with Gasteiger partial charge in [0, 0.05) is 35.4 Å². The fourth-order valence-electron chi connectivity index (χ4n) is 1.59. The molecular weight excluding hydrogens is 252 g/mol. The molecule has 2 N–H and O–H groups in total. The summed E-state index contributed by atoms with van der Waals surface area (Å²) < 4.78 is 16.5. The lowest BCUT2D eigenvalue weighted by molar-refractivity contribution is 0.414. The van der Waals surface area contributed by atoms with Crippen LogP contribution in [0.2, 0.25) is 0 Å². The molecule has 0 bridgehead atoms. The summed E-state index contributed by atoms with van der Waals surface area (Å²) in [6.45, 7) is 4.69. The van der Waals surface area contributed by atoms with Gasteiger partial charge in [-0.2, -0.15) is 0 Å². The smallest absolute Gasteiger partial charge is 0.204 e. The first kappa shape index (κ1) is 14.7. The van der Waals surface area contributed by atoms with Crippen LogP contribution in [-0.2, 0) is 10.8 Å². The minimum Gasteiger partial charge on any atom is -0.490 e. The molecular formula is C11H20N4O2S. The minimum absolute atomic E-state index is 0.0501. The van der Waals surface area contributed by atoms with Crippen LogP contribution in [0.25, 0.3) is 0 Å².